The van der Waals surface area contributed by atoms with Crippen LogP contribution in [0.15, 0.2) is 0 Å². The van der Waals surface area contributed by atoms with Crippen molar-refractivity contribution in [3.05, 3.63) is 5.82 Å². The summed E-state index contributed by atoms with van der Waals surface area (Å²) in [6.45, 7) is 8.39. The van der Waals surface area contributed by atoms with E-state index in [1.807, 2.05) is 6.92 Å². The van der Waals surface area contributed by atoms with Gasteiger partial charge in [0.25, 0.3) is 0 Å². The Morgan fingerprint density at radius 1 is 1.30 bits per heavy atom. The fourth-order valence-corrected chi connectivity index (χ4v) is 4.28. The summed E-state index contributed by atoms with van der Waals surface area (Å²) in [5.41, 5.74) is 0. The SMILES string of the molecule is Cc1nsc(N2CCN(CC(=O)NC3CCCC(C)C3)CC2)n1. The predicted octanol–water partition coefficient (Wildman–Crippen LogP) is 1.66. The summed E-state index contributed by atoms with van der Waals surface area (Å²) < 4.78 is 4.24. The third-order valence-corrected chi connectivity index (χ3v) is 5.70. The van der Waals surface area contributed by atoms with E-state index < -0.39 is 0 Å². The van der Waals surface area contributed by atoms with Gasteiger partial charge >= 0.3 is 0 Å². The highest BCUT2D eigenvalue weighted by atomic mass is 32.1. The van der Waals surface area contributed by atoms with Gasteiger partial charge in [-0.25, -0.2) is 4.98 Å². The molecule has 1 saturated heterocycles. The molecule has 1 N–H and O–H groups in total. The zero-order chi connectivity index (χ0) is 16.2. The molecule has 0 radical (unpaired) electrons. The van der Waals surface area contributed by atoms with E-state index in [2.05, 4.69) is 31.4 Å². The van der Waals surface area contributed by atoms with Crippen LogP contribution in [0.4, 0.5) is 5.13 Å². The molecule has 0 aromatic carbocycles. The number of carbonyl (C=O) groups excluding carboxylic acids is 1. The van der Waals surface area contributed by atoms with Crippen LogP contribution >= 0.6 is 11.5 Å². The van der Waals surface area contributed by atoms with Crippen molar-refractivity contribution in [3.63, 3.8) is 0 Å². The molecule has 128 valence electrons. The van der Waals surface area contributed by atoms with Gasteiger partial charge in [0.15, 0.2) is 0 Å². The quantitative estimate of drug-likeness (QED) is 0.905. The highest BCUT2D eigenvalue weighted by Crippen LogP contribution is 2.23. The fourth-order valence-electron chi connectivity index (χ4n) is 3.55. The lowest BCUT2D eigenvalue weighted by Gasteiger charge is -2.34. The molecule has 1 aromatic heterocycles. The number of hydrogen-bond donors (Lipinski definition) is 1. The minimum atomic E-state index is 0.185. The lowest BCUT2D eigenvalue weighted by molar-refractivity contribution is -0.123. The van der Waals surface area contributed by atoms with E-state index in [9.17, 15) is 4.79 Å². The van der Waals surface area contributed by atoms with Gasteiger partial charge in [0.1, 0.15) is 5.82 Å². The van der Waals surface area contributed by atoms with Crippen LogP contribution in [0.25, 0.3) is 0 Å². The van der Waals surface area contributed by atoms with Gasteiger partial charge in [0.05, 0.1) is 6.54 Å². The first-order valence-electron chi connectivity index (χ1n) is 8.67. The van der Waals surface area contributed by atoms with E-state index in [1.165, 1.54) is 24.4 Å². The average Bonchev–Trinajstić information content (AvgIpc) is 2.94. The van der Waals surface area contributed by atoms with Gasteiger partial charge in [-0.1, -0.05) is 19.8 Å². The van der Waals surface area contributed by atoms with Gasteiger partial charge in [-0.05, 0) is 25.7 Å². The molecule has 23 heavy (non-hydrogen) atoms. The molecule has 3 rings (SSSR count). The number of rotatable bonds is 4. The Balaban J connectivity index is 1.40. The number of anilines is 1. The summed E-state index contributed by atoms with van der Waals surface area (Å²) in [5.74, 6) is 1.77. The summed E-state index contributed by atoms with van der Waals surface area (Å²) in [5, 5.41) is 4.23. The summed E-state index contributed by atoms with van der Waals surface area (Å²) in [6, 6.07) is 0.386. The standard InChI is InChI=1S/C16H27N5OS/c1-12-4-3-5-14(10-12)18-15(22)11-20-6-8-21(9-7-20)16-17-13(2)19-23-16/h12,14H,3-11H2,1-2H3,(H,18,22). The van der Waals surface area contributed by atoms with Crippen molar-refractivity contribution in [2.75, 3.05) is 37.6 Å². The second kappa shape index (κ2) is 7.57. The molecule has 0 spiro atoms. The van der Waals surface area contributed by atoms with Crippen LogP contribution in [0.2, 0.25) is 0 Å². The maximum absolute atomic E-state index is 12.3. The molecular weight excluding hydrogens is 310 g/mol. The topological polar surface area (TPSA) is 61.4 Å². The average molecular weight is 337 g/mol. The third-order valence-electron chi connectivity index (χ3n) is 4.83. The Labute approximate surface area is 142 Å². The van der Waals surface area contributed by atoms with E-state index >= 15 is 0 Å². The van der Waals surface area contributed by atoms with Crippen LogP contribution in [0.1, 0.15) is 38.4 Å². The Bertz CT molecular complexity index is 526. The second-order valence-corrected chi connectivity index (χ2v) is 7.65. The van der Waals surface area contributed by atoms with E-state index in [0.29, 0.717) is 12.6 Å². The lowest BCUT2D eigenvalue weighted by Crippen LogP contribution is -2.51. The number of aryl methyl sites for hydroxylation is 1. The zero-order valence-corrected chi connectivity index (χ0v) is 14.9. The smallest absolute Gasteiger partial charge is 0.234 e. The highest BCUT2D eigenvalue weighted by molar-refractivity contribution is 7.09. The molecule has 2 heterocycles. The van der Waals surface area contributed by atoms with Crippen molar-refractivity contribution in [1.82, 2.24) is 19.6 Å². The summed E-state index contributed by atoms with van der Waals surface area (Å²) in [4.78, 5) is 21.2. The molecule has 1 aromatic rings. The first kappa shape index (κ1) is 16.6. The van der Waals surface area contributed by atoms with Gasteiger partial charge in [0, 0.05) is 43.8 Å². The zero-order valence-electron chi connectivity index (χ0n) is 14.1. The molecule has 6 nitrogen and oxygen atoms in total. The van der Waals surface area contributed by atoms with Crippen molar-refractivity contribution in [1.29, 1.82) is 0 Å². The second-order valence-electron chi connectivity index (χ2n) is 6.92. The number of amides is 1. The largest absolute Gasteiger partial charge is 0.352 e. The number of carbonyl (C=O) groups is 1. The molecule has 1 amide bonds. The van der Waals surface area contributed by atoms with Crippen LogP contribution in [0.3, 0.4) is 0 Å². The van der Waals surface area contributed by atoms with Crippen molar-refractivity contribution < 1.29 is 4.79 Å². The summed E-state index contributed by atoms with van der Waals surface area (Å²) in [7, 11) is 0. The van der Waals surface area contributed by atoms with Gasteiger partial charge in [-0.3, -0.25) is 9.69 Å². The van der Waals surface area contributed by atoms with Crippen molar-refractivity contribution >= 4 is 22.6 Å². The minimum absolute atomic E-state index is 0.185. The summed E-state index contributed by atoms with van der Waals surface area (Å²) >= 11 is 1.46. The molecule has 2 atom stereocenters. The number of hydrogen-bond acceptors (Lipinski definition) is 6. The normalized spacial score (nSPS) is 26.3. The minimum Gasteiger partial charge on any atom is -0.352 e. The Kier molecular flexibility index (Phi) is 5.48. The number of aromatic nitrogens is 2. The molecule has 7 heteroatoms. The lowest BCUT2D eigenvalue weighted by atomic mass is 9.87. The van der Waals surface area contributed by atoms with Gasteiger partial charge < -0.3 is 10.2 Å². The van der Waals surface area contributed by atoms with E-state index in [-0.39, 0.29) is 5.91 Å². The van der Waals surface area contributed by atoms with E-state index in [0.717, 1.165) is 55.9 Å². The van der Waals surface area contributed by atoms with Crippen LogP contribution in [0, 0.1) is 12.8 Å². The van der Waals surface area contributed by atoms with Crippen molar-refractivity contribution in [2.45, 2.75) is 45.6 Å². The monoisotopic (exact) mass is 337 g/mol. The molecule has 1 saturated carbocycles. The van der Waals surface area contributed by atoms with Crippen LogP contribution in [-0.4, -0.2) is 58.9 Å². The van der Waals surface area contributed by atoms with Gasteiger partial charge in [-0.2, -0.15) is 4.37 Å². The molecule has 2 aliphatic rings. The molecular formula is C16H27N5OS. The summed E-state index contributed by atoms with van der Waals surface area (Å²) in [6.07, 6.45) is 4.82. The van der Waals surface area contributed by atoms with Gasteiger partial charge in [0.2, 0.25) is 11.0 Å². The number of piperazine rings is 1. The predicted molar refractivity (Wildman–Crippen MR) is 92.9 cm³/mol. The van der Waals surface area contributed by atoms with Gasteiger partial charge in [-0.15, -0.1) is 0 Å². The Morgan fingerprint density at radius 3 is 2.74 bits per heavy atom. The van der Waals surface area contributed by atoms with Crippen molar-refractivity contribution in [2.24, 2.45) is 5.92 Å². The maximum atomic E-state index is 12.3. The fraction of sp³-hybridized carbons (Fsp3) is 0.812. The van der Waals surface area contributed by atoms with E-state index in [4.69, 9.17) is 0 Å². The van der Waals surface area contributed by atoms with Crippen molar-refractivity contribution in [3.8, 4) is 0 Å². The first-order chi connectivity index (χ1) is 11.1. The first-order valence-corrected chi connectivity index (χ1v) is 9.44. The number of nitrogens with zero attached hydrogens (tertiary/aromatic N) is 4. The molecule has 0 bridgehead atoms. The van der Waals surface area contributed by atoms with Crippen LogP contribution in [-0.2, 0) is 4.79 Å². The van der Waals surface area contributed by atoms with E-state index in [1.54, 1.807) is 0 Å². The number of nitrogens with one attached hydrogen (secondary N) is 1. The maximum Gasteiger partial charge on any atom is 0.234 e. The Morgan fingerprint density at radius 2 is 2.09 bits per heavy atom. The molecule has 2 fully saturated rings. The van der Waals surface area contributed by atoms with Crippen LogP contribution < -0.4 is 10.2 Å². The Hall–Kier alpha value is -1.21. The van der Waals surface area contributed by atoms with Crippen LogP contribution in [0.5, 0.6) is 0 Å². The molecule has 2 unspecified atom stereocenters. The molecule has 1 aliphatic heterocycles. The molecule has 1 aliphatic carbocycles. The third kappa shape index (κ3) is 4.64. The highest BCUT2D eigenvalue weighted by Gasteiger charge is 2.24.